The summed E-state index contributed by atoms with van der Waals surface area (Å²) < 4.78 is 0. The first-order valence-corrected chi connectivity index (χ1v) is 5.09. The number of aryl methyl sites for hydroxylation is 2. The summed E-state index contributed by atoms with van der Waals surface area (Å²) in [6.45, 7) is 7.96. The summed E-state index contributed by atoms with van der Waals surface area (Å²) in [7, 11) is 0. The highest BCUT2D eigenvalue weighted by molar-refractivity contribution is 5.85. The minimum Gasteiger partial charge on any atom is -0.324 e. The Bertz CT molecular complexity index is 300. The fourth-order valence-corrected chi connectivity index (χ4v) is 1.85. The molecule has 0 spiro atoms. The van der Waals surface area contributed by atoms with Gasteiger partial charge in [-0.15, -0.1) is 19.0 Å². The molecule has 0 saturated heterocycles. The van der Waals surface area contributed by atoms with Gasteiger partial charge in [-0.1, -0.05) is 24.3 Å². The van der Waals surface area contributed by atoms with Gasteiger partial charge >= 0.3 is 0 Å². The highest BCUT2D eigenvalue weighted by Gasteiger charge is 2.10. The topological polar surface area (TPSA) is 26.0 Å². The highest BCUT2D eigenvalue weighted by Crippen LogP contribution is 2.23. The standard InChI is InChI=1S/C13H19N.ClH/c1-4-5-9-12(14)13-10(2)7-6-8-11(13)3;/h4,6-8,12H,1,5,9,14H2,2-3H3;1H/t12-;/m1./s1. The Morgan fingerprint density at radius 2 is 1.87 bits per heavy atom. The van der Waals surface area contributed by atoms with E-state index in [0.717, 1.165) is 12.8 Å². The molecule has 15 heavy (non-hydrogen) atoms. The molecule has 1 aromatic carbocycles. The number of halogens is 1. The lowest BCUT2D eigenvalue weighted by Gasteiger charge is -2.16. The van der Waals surface area contributed by atoms with Gasteiger partial charge in [0, 0.05) is 6.04 Å². The number of hydrogen-bond acceptors (Lipinski definition) is 1. The average Bonchev–Trinajstić information content (AvgIpc) is 2.14. The van der Waals surface area contributed by atoms with Crippen LogP contribution in [-0.4, -0.2) is 0 Å². The van der Waals surface area contributed by atoms with Crippen molar-refractivity contribution in [1.82, 2.24) is 0 Å². The molecule has 1 nitrogen and oxygen atoms in total. The van der Waals surface area contributed by atoms with Crippen molar-refractivity contribution in [3.63, 3.8) is 0 Å². The van der Waals surface area contributed by atoms with Crippen LogP contribution in [0.1, 0.15) is 35.6 Å². The van der Waals surface area contributed by atoms with Crippen LogP contribution in [0.2, 0.25) is 0 Å². The van der Waals surface area contributed by atoms with Crippen LogP contribution in [0.5, 0.6) is 0 Å². The fraction of sp³-hybridized carbons (Fsp3) is 0.385. The normalized spacial score (nSPS) is 11.7. The lowest BCUT2D eigenvalue weighted by Crippen LogP contribution is -2.12. The Balaban J connectivity index is 0.00000196. The summed E-state index contributed by atoms with van der Waals surface area (Å²) in [5.74, 6) is 0. The summed E-state index contributed by atoms with van der Waals surface area (Å²) in [6.07, 6.45) is 3.89. The first-order chi connectivity index (χ1) is 6.66. The molecule has 1 atom stereocenters. The molecule has 0 heterocycles. The van der Waals surface area contributed by atoms with Crippen LogP contribution in [-0.2, 0) is 0 Å². The zero-order chi connectivity index (χ0) is 10.6. The maximum absolute atomic E-state index is 6.13. The third-order valence-corrected chi connectivity index (χ3v) is 2.59. The van der Waals surface area contributed by atoms with Gasteiger partial charge < -0.3 is 5.73 Å². The van der Waals surface area contributed by atoms with E-state index < -0.39 is 0 Å². The zero-order valence-corrected chi connectivity index (χ0v) is 10.3. The third kappa shape index (κ3) is 3.69. The Labute approximate surface area is 98.8 Å². The van der Waals surface area contributed by atoms with Crippen LogP contribution in [0.4, 0.5) is 0 Å². The third-order valence-electron chi connectivity index (χ3n) is 2.59. The first-order valence-electron chi connectivity index (χ1n) is 5.09. The summed E-state index contributed by atoms with van der Waals surface area (Å²) in [4.78, 5) is 0. The molecule has 0 saturated carbocycles. The number of benzene rings is 1. The molecule has 0 radical (unpaired) electrons. The molecular formula is C13H20ClN. The molecule has 0 aliphatic carbocycles. The fourth-order valence-electron chi connectivity index (χ4n) is 1.85. The molecule has 2 N–H and O–H groups in total. The molecule has 84 valence electrons. The van der Waals surface area contributed by atoms with E-state index in [2.05, 4.69) is 38.6 Å². The molecule has 0 aromatic heterocycles. The Hall–Kier alpha value is -0.790. The van der Waals surface area contributed by atoms with E-state index in [1.807, 2.05) is 6.08 Å². The van der Waals surface area contributed by atoms with Gasteiger partial charge in [-0.25, -0.2) is 0 Å². The molecule has 0 aliphatic heterocycles. The SMILES string of the molecule is C=CCC[C@@H](N)c1c(C)cccc1C.Cl. The summed E-state index contributed by atoms with van der Waals surface area (Å²) >= 11 is 0. The Kier molecular flexibility index (Phi) is 6.30. The lowest BCUT2D eigenvalue weighted by atomic mass is 9.94. The molecule has 2 heteroatoms. The van der Waals surface area contributed by atoms with Crippen LogP contribution in [0.3, 0.4) is 0 Å². The van der Waals surface area contributed by atoms with Crippen LogP contribution < -0.4 is 5.73 Å². The molecule has 0 aliphatic rings. The van der Waals surface area contributed by atoms with E-state index in [-0.39, 0.29) is 18.4 Å². The lowest BCUT2D eigenvalue weighted by molar-refractivity contribution is 0.654. The second-order valence-electron chi connectivity index (χ2n) is 3.78. The number of hydrogen-bond donors (Lipinski definition) is 1. The quantitative estimate of drug-likeness (QED) is 0.778. The van der Waals surface area contributed by atoms with Crippen molar-refractivity contribution in [3.05, 3.63) is 47.5 Å². The van der Waals surface area contributed by atoms with Gasteiger partial charge in [0.2, 0.25) is 0 Å². The van der Waals surface area contributed by atoms with E-state index in [9.17, 15) is 0 Å². The van der Waals surface area contributed by atoms with Gasteiger partial charge in [-0.3, -0.25) is 0 Å². The second kappa shape index (κ2) is 6.65. The number of rotatable bonds is 4. The van der Waals surface area contributed by atoms with Crippen LogP contribution >= 0.6 is 12.4 Å². The van der Waals surface area contributed by atoms with Gasteiger partial charge in [0.1, 0.15) is 0 Å². The van der Waals surface area contributed by atoms with Gasteiger partial charge in [0.15, 0.2) is 0 Å². The molecule has 0 amide bonds. The molecule has 1 rings (SSSR count). The Morgan fingerprint density at radius 1 is 1.33 bits per heavy atom. The van der Waals surface area contributed by atoms with Crippen molar-refractivity contribution >= 4 is 12.4 Å². The Morgan fingerprint density at radius 3 is 2.33 bits per heavy atom. The van der Waals surface area contributed by atoms with Crippen molar-refractivity contribution < 1.29 is 0 Å². The maximum atomic E-state index is 6.13. The summed E-state index contributed by atoms with van der Waals surface area (Å²) in [6, 6.07) is 6.47. The van der Waals surface area contributed by atoms with Crippen molar-refractivity contribution in [2.75, 3.05) is 0 Å². The zero-order valence-electron chi connectivity index (χ0n) is 9.49. The van der Waals surface area contributed by atoms with E-state index in [1.165, 1.54) is 16.7 Å². The first kappa shape index (κ1) is 14.2. The molecule has 0 bridgehead atoms. The number of nitrogens with two attached hydrogens (primary N) is 1. The largest absolute Gasteiger partial charge is 0.324 e. The number of allylic oxidation sites excluding steroid dienone is 1. The maximum Gasteiger partial charge on any atom is 0.0303 e. The average molecular weight is 226 g/mol. The van der Waals surface area contributed by atoms with E-state index in [0.29, 0.717) is 0 Å². The smallest absolute Gasteiger partial charge is 0.0303 e. The van der Waals surface area contributed by atoms with Crippen LogP contribution in [0.25, 0.3) is 0 Å². The summed E-state index contributed by atoms with van der Waals surface area (Å²) in [5.41, 5.74) is 10.0. The molecular weight excluding hydrogens is 206 g/mol. The van der Waals surface area contributed by atoms with Crippen molar-refractivity contribution in [2.45, 2.75) is 32.7 Å². The summed E-state index contributed by atoms with van der Waals surface area (Å²) in [5, 5.41) is 0. The predicted octanol–water partition coefficient (Wildman–Crippen LogP) is 3.69. The van der Waals surface area contributed by atoms with Gasteiger partial charge in [0.05, 0.1) is 0 Å². The van der Waals surface area contributed by atoms with Crippen molar-refractivity contribution in [2.24, 2.45) is 5.73 Å². The van der Waals surface area contributed by atoms with Crippen molar-refractivity contribution in [3.8, 4) is 0 Å². The van der Waals surface area contributed by atoms with E-state index >= 15 is 0 Å². The minimum absolute atomic E-state index is 0. The highest BCUT2D eigenvalue weighted by atomic mass is 35.5. The molecule has 1 aromatic rings. The van der Waals surface area contributed by atoms with Gasteiger partial charge in [-0.2, -0.15) is 0 Å². The van der Waals surface area contributed by atoms with Crippen molar-refractivity contribution in [1.29, 1.82) is 0 Å². The minimum atomic E-state index is 0. The molecule has 0 unspecified atom stereocenters. The van der Waals surface area contributed by atoms with Crippen LogP contribution in [0, 0.1) is 13.8 Å². The monoisotopic (exact) mass is 225 g/mol. The van der Waals surface area contributed by atoms with Gasteiger partial charge in [-0.05, 0) is 43.4 Å². The van der Waals surface area contributed by atoms with E-state index in [4.69, 9.17) is 5.73 Å². The van der Waals surface area contributed by atoms with Crippen LogP contribution in [0.15, 0.2) is 30.9 Å². The molecule has 0 fully saturated rings. The second-order valence-corrected chi connectivity index (χ2v) is 3.78. The predicted molar refractivity (Wildman–Crippen MR) is 69.5 cm³/mol. The van der Waals surface area contributed by atoms with E-state index in [1.54, 1.807) is 0 Å². The van der Waals surface area contributed by atoms with Gasteiger partial charge in [0.25, 0.3) is 0 Å².